The summed E-state index contributed by atoms with van der Waals surface area (Å²) in [5, 5.41) is 2.80. The molecule has 34 heavy (non-hydrogen) atoms. The van der Waals surface area contributed by atoms with Crippen LogP contribution in [0.4, 0.5) is 11.4 Å². The van der Waals surface area contributed by atoms with Crippen molar-refractivity contribution in [2.45, 2.75) is 50.5 Å². The topological polar surface area (TPSA) is 96.0 Å². The number of para-hydroxylation sites is 1. The fourth-order valence-electron chi connectivity index (χ4n) is 5.12. The number of benzene rings is 2. The van der Waals surface area contributed by atoms with Gasteiger partial charge in [-0.3, -0.25) is 9.59 Å². The standard InChI is InChI=1S/C25H29N3O5S/c1-3-21-24(29)26-19-13-16(2)23(14-22(19)33-21)34(31,32)27-11-6-8-18(15-27)25(30)28-12-10-17-7-4-5-9-20(17)28/h4-5,7,9,13-14,18,21H,3,6,8,10-12,15H2,1-2H3,(H,26,29). The third-order valence-corrected chi connectivity index (χ3v) is 8.98. The minimum atomic E-state index is -3.84. The number of nitrogens with zero attached hydrogens (tertiary/aromatic N) is 2. The maximum absolute atomic E-state index is 13.7. The Morgan fingerprint density at radius 3 is 2.79 bits per heavy atom. The van der Waals surface area contributed by atoms with Crippen molar-refractivity contribution in [2.24, 2.45) is 5.92 Å². The molecule has 9 heteroatoms. The Labute approximate surface area is 199 Å². The molecule has 2 aromatic carbocycles. The van der Waals surface area contributed by atoms with Crippen LogP contribution < -0.4 is 15.0 Å². The van der Waals surface area contributed by atoms with Gasteiger partial charge in [-0.25, -0.2) is 8.42 Å². The van der Waals surface area contributed by atoms with E-state index in [9.17, 15) is 18.0 Å². The van der Waals surface area contributed by atoms with Gasteiger partial charge in [-0.05, 0) is 55.9 Å². The molecule has 8 nitrogen and oxygen atoms in total. The molecular formula is C25H29N3O5S. The molecule has 5 rings (SSSR count). The Morgan fingerprint density at radius 1 is 1.21 bits per heavy atom. The van der Waals surface area contributed by atoms with E-state index in [2.05, 4.69) is 5.32 Å². The maximum Gasteiger partial charge on any atom is 0.265 e. The molecule has 2 unspecified atom stereocenters. The Morgan fingerprint density at radius 2 is 2.00 bits per heavy atom. The number of nitrogens with one attached hydrogen (secondary N) is 1. The first-order valence-corrected chi connectivity index (χ1v) is 13.2. The molecule has 180 valence electrons. The van der Waals surface area contributed by atoms with E-state index in [0.29, 0.717) is 49.4 Å². The fraction of sp³-hybridized carbons (Fsp3) is 0.440. The van der Waals surface area contributed by atoms with Crippen molar-refractivity contribution in [1.82, 2.24) is 4.31 Å². The number of anilines is 2. The fourth-order valence-corrected chi connectivity index (χ4v) is 6.87. The van der Waals surface area contributed by atoms with Crippen molar-refractivity contribution in [3.63, 3.8) is 0 Å². The van der Waals surface area contributed by atoms with Crippen molar-refractivity contribution >= 4 is 33.2 Å². The van der Waals surface area contributed by atoms with Gasteiger partial charge in [0.2, 0.25) is 15.9 Å². The summed E-state index contributed by atoms with van der Waals surface area (Å²) >= 11 is 0. The molecule has 1 fully saturated rings. The summed E-state index contributed by atoms with van der Waals surface area (Å²) in [6.45, 7) is 4.71. The Kier molecular flexibility index (Phi) is 5.85. The predicted molar refractivity (Wildman–Crippen MR) is 128 cm³/mol. The van der Waals surface area contributed by atoms with Gasteiger partial charge in [-0.15, -0.1) is 0 Å². The zero-order chi connectivity index (χ0) is 24.0. The van der Waals surface area contributed by atoms with Gasteiger partial charge in [-0.1, -0.05) is 25.1 Å². The Balaban J connectivity index is 1.39. The second-order valence-electron chi connectivity index (χ2n) is 9.19. The van der Waals surface area contributed by atoms with Crippen LogP contribution in [0.5, 0.6) is 5.75 Å². The summed E-state index contributed by atoms with van der Waals surface area (Å²) < 4.78 is 34.5. The van der Waals surface area contributed by atoms with E-state index >= 15 is 0 Å². The second-order valence-corrected chi connectivity index (χ2v) is 11.1. The summed E-state index contributed by atoms with van der Waals surface area (Å²) in [5.74, 6) is -0.267. The first-order chi connectivity index (χ1) is 16.3. The average Bonchev–Trinajstić information content (AvgIpc) is 3.27. The lowest BCUT2D eigenvalue weighted by Gasteiger charge is -2.34. The molecule has 0 spiro atoms. The summed E-state index contributed by atoms with van der Waals surface area (Å²) in [4.78, 5) is 27.4. The van der Waals surface area contributed by atoms with Gasteiger partial charge in [0, 0.05) is 31.4 Å². The minimum Gasteiger partial charge on any atom is -0.478 e. The van der Waals surface area contributed by atoms with Crippen molar-refractivity contribution in [2.75, 3.05) is 29.9 Å². The lowest BCUT2D eigenvalue weighted by molar-refractivity contribution is -0.124. The molecule has 0 saturated carbocycles. The number of sulfonamides is 1. The summed E-state index contributed by atoms with van der Waals surface area (Å²) in [6.07, 6.45) is 1.95. The van der Waals surface area contributed by atoms with Crippen LogP contribution in [0.1, 0.15) is 37.3 Å². The number of amides is 2. The molecule has 0 aliphatic carbocycles. The molecule has 2 aromatic rings. The van der Waals surface area contributed by atoms with E-state index in [4.69, 9.17) is 4.74 Å². The number of carbonyl (C=O) groups excluding carboxylic acids is 2. The number of fused-ring (bicyclic) bond motifs is 2. The van der Waals surface area contributed by atoms with Crippen LogP contribution in [0.2, 0.25) is 0 Å². The largest absolute Gasteiger partial charge is 0.478 e. The number of carbonyl (C=O) groups is 2. The van der Waals surface area contributed by atoms with Crippen molar-refractivity contribution in [3.8, 4) is 5.75 Å². The highest BCUT2D eigenvalue weighted by Crippen LogP contribution is 2.37. The van der Waals surface area contributed by atoms with Gasteiger partial charge in [0.15, 0.2) is 6.10 Å². The molecule has 1 saturated heterocycles. The number of rotatable bonds is 4. The van der Waals surface area contributed by atoms with E-state index < -0.39 is 16.1 Å². The average molecular weight is 484 g/mol. The lowest BCUT2D eigenvalue weighted by atomic mass is 9.98. The van der Waals surface area contributed by atoms with E-state index in [1.54, 1.807) is 13.0 Å². The first-order valence-electron chi connectivity index (χ1n) is 11.8. The number of piperidine rings is 1. The molecule has 1 N–H and O–H groups in total. The molecule has 0 radical (unpaired) electrons. The monoisotopic (exact) mass is 483 g/mol. The number of aryl methyl sites for hydroxylation is 1. The molecule has 3 aliphatic rings. The molecule has 2 amide bonds. The Bertz CT molecular complexity index is 1260. The van der Waals surface area contributed by atoms with Crippen LogP contribution in [0.15, 0.2) is 41.3 Å². The van der Waals surface area contributed by atoms with Gasteiger partial charge >= 0.3 is 0 Å². The van der Waals surface area contributed by atoms with E-state index in [1.165, 1.54) is 10.4 Å². The van der Waals surface area contributed by atoms with Gasteiger partial charge in [0.1, 0.15) is 5.75 Å². The normalized spacial score (nSPS) is 22.5. The summed E-state index contributed by atoms with van der Waals surface area (Å²) in [6, 6.07) is 11.0. The van der Waals surface area contributed by atoms with E-state index in [0.717, 1.165) is 17.7 Å². The van der Waals surface area contributed by atoms with Gasteiger partial charge in [-0.2, -0.15) is 4.31 Å². The highest BCUT2D eigenvalue weighted by atomic mass is 32.2. The first kappa shape index (κ1) is 22.9. The second kappa shape index (κ2) is 8.70. The summed E-state index contributed by atoms with van der Waals surface area (Å²) in [5.41, 5.74) is 3.09. The maximum atomic E-state index is 13.7. The predicted octanol–water partition coefficient (Wildman–Crippen LogP) is 3.09. The van der Waals surface area contributed by atoms with E-state index in [1.807, 2.05) is 36.1 Å². The molecule has 3 aliphatic heterocycles. The Hall–Kier alpha value is -2.91. The highest BCUT2D eigenvalue weighted by Gasteiger charge is 2.38. The molecule has 0 aromatic heterocycles. The number of hydrogen-bond acceptors (Lipinski definition) is 5. The zero-order valence-corrected chi connectivity index (χ0v) is 20.2. The van der Waals surface area contributed by atoms with Crippen molar-refractivity contribution < 1.29 is 22.7 Å². The van der Waals surface area contributed by atoms with Crippen LogP contribution in [0, 0.1) is 12.8 Å². The quantitative estimate of drug-likeness (QED) is 0.721. The number of hydrogen-bond donors (Lipinski definition) is 1. The third-order valence-electron chi connectivity index (χ3n) is 6.97. The van der Waals surface area contributed by atoms with Crippen LogP contribution in [-0.4, -0.2) is 50.3 Å². The molecule has 3 heterocycles. The zero-order valence-electron chi connectivity index (χ0n) is 19.4. The van der Waals surface area contributed by atoms with Gasteiger partial charge in [0.25, 0.3) is 5.91 Å². The van der Waals surface area contributed by atoms with Crippen LogP contribution in [0.3, 0.4) is 0 Å². The summed E-state index contributed by atoms with van der Waals surface area (Å²) in [7, 11) is -3.84. The van der Waals surface area contributed by atoms with Crippen LogP contribution in [0.25, 0.3) is 0 Å². The van der Waals surface area contributed by atoms with Crippen molar-refractivity contribution in [1.29, 1.82) is 0 Å². The lowest BCUT2D eigenvalue weighted by Crippen LogP contribution is -2.46. The molecule has 2 atom stereocenters. The van der Waals surface area contributed by atoms with E-state index in [-0.39, 0.29) is 29.2 Å². The molecular weight excluding hydrogens is 454 g/mol. The van der Waals surface area contributed by atoms with Crippen LogP contribution in [-0.2, 0) is 26.0 Å². The van der Waals surface area contributed by atoms with Crippen LogP contribution >= 0.6 is 0 Å². The molecule has 0 bridgehead atoms. The third kappa shape index (κ3) is 3.86. The smallest absolute Gasteiger partial charge is 0.265 e. The van der Waals surface area contributed by atoms with Gasteiger partial charge < -0.3 is 15.0 Å². The van der Waals surface area contributed by atoms with Crippen molar-refractivity contribution in [3.05, 3.63) is 47.5 Å². The van der Waals surface area contributed by atoms with Gasteiger partial charge in [0.05, 0.1) is 16.5 Å². The minimum absolute atomic E-state index is 0.0103. The SMILES string of the molecule is CCC1Oc2cc(S(=O)(=O)N3CCCC(C(=O)N4CCc5ccccc54)C3)c(C)cc2NC1=O. The highest BCUT2D eigenvalue weighted by molar-refractivity contribution is 7.89. The number of ether oxygens (including phenoxy) is 1.